The molecule has 0 aliphatic rings. The summed E-state index contributed by atoms with van der Waals surface area (Å²) in [6.07, 6.45) is -4.28. The van der Waals surface area contributed by atoms with Crippen molar-refractivity contribution in [3.8, 4) is 5.75 Å². The van der Waals surface area contributed by atoms with Crippen molar-refractivity contribution in [2.75, 3.05) is 19.8 Å². The molecule has 0 radical (unpaired) electrons. The highest BCUT2D eigenvalue weighted by atomic mass is 31.2. The number of hydrogen-bond donors (Lipinski definition) is 4. The van der Waals surface area contributed by atoms with Crippen LogP contribution in [0.4, 0.5) is 13.2 Å². The largest absolute Gasteiger partial charge is 0.493 e. The molecule has 0 fully saturated rings. The van der Waals surface area contributed by atoms with Crippen molar-refractivity contribution in [1.82, 2.24) is 0 Å². The van der Waals surface area contributed by atoms with Gasteiger partial charge in [-0.1, -0.05) is 48.5 Å². The number of halogens is 3. The molecule has 0 saturated carbocycles. The minimum Gasteiger partial charge on any atom is -0.493 e. The third kappa shape index (κ3) is 8.03. The zero-order valence-electron chi connectivity index (χ0n) is 18.7. The molecular formula is C24H27F3NO6P. The number of rotatable bonds is 11. The van der Waals surface area contributed by atoms with E-state index in [4.69, 9.17) is 20.3 Å². The van der Waals surface area contributed by atoms with E-state index in [1.54, 1.807) is 0 Å². The van der Waals surface area contributed by atoms with Gasteiger partial charge in [-0.05, 0) is 46.9 Å². The van der Waals surface area contributed by atoms with Crippen LogP contribution in [0.3, 0.4) is 0 Å². The number of aliphatic hydroxyl groups excluding tert-OH is 1. The van der Waals surface area contributed by atoms with Crippen molar-refractivity contribution < 1.29 is 41.9 Å². The standard InChI is InChI=1S/C24H27F3NO6P/c25-24(26,27)21-14-17(9-11-23(28,15-29)16-34-35(30,31)32)6-8-22(21)33-12-10-18-5-7-19-3-1-2-4-20(19)13-18/h1-8,13-14,29H,9-12,15-16,28H2,(H2,30,31,32). The van der Waals surface area contributed by atoms with Gasteiger partial charge in [-0.15, -0.1) is 0 Å². The van der Waals surface area contributed by atoms with Crippen LogP contribution in [0, 0.1) is 0 Å². The van der Waals surface area contributed by atoms with E-state index in [1.807, 2.05) is 42.5 Å². The van der Waals surface area contributed by atoms with Gasteiger partial charge in [-0.3, -0.25) is 4.52 Å². The second-order valence-electron chi connectivity index (χ2n) is 8.39. The fraction of sp³-hybridized carbons (Fsp3) is 0.333. The number of phosphoric acid groups is 1. The van der Waals surface area contributed by atoms with Gasteiger partial charge in [0, 0.05) is 6.42 Å². The maximum Gasteiger partial charge on any atom is 0.469 e. The summed E-state index contributed by atoms with van der Waals surface area (Å²) in [4.78, 5) is 17.6. The van der Waals surface area contributed by atoms with E-state index in [2.05, 4.69) is 4.52 Å². The molecule has 3 aromatic rings. The highest BCUT2D eigenvalue weighted by Crippen LogP contribution is 2.38. The van der Waals surface area contributed by atoms with Crippen molar-refractivity contribution in [2.24, 2.45) is 5.73 Å². The van der Waals surface area contributed by atoms with Crippen LogP contribution in [-0.4, -0.2) is 40.3 Å². The second-order valence-corrected chi connectivity index (χ2v) is 9.63. The third-order valence-electron chi connectivity index (χ3n) is 5.56. The van der Waals surface area contributed by atoms with E-state index in [-0.39, 0.29) is 30.8 Å². The highest BCUT2D eigenvalue weighted by molar-refractivity contribution is 7.46. The maximum atomic E-state index is 13.7. The number of alkyl halides is 3. The fourth-order valence-corrected chi connectivity index (χ4v) is 3.98. The summed E-state index contributed by atoms with van der Waals surface area (Å²) in [6.45, 7) is -1.28. The summed E-state index contributed by atoms with van der Waals surface area (Å²) in [5.41, 5.74) is 4.64. The SMILES string of the molecule is NC(CO)(CCc1ccc(OCCc2ccc3ccccc3c2)c(C(F)(F)F)c1)COP(=O)(O)O. The minimum absolute atomic E-state index is 0.0159. The molecular weight excluding hydrogens is 486 g/mol. The number of aryl methyl sites for hydroxylation is 1. The smallest absolute Gasteiger partial charge is 0.469 e. The lowest BCUT2D eigenvalue weighted by Gasteiger charge is -2.27. The van der Waals surface area contributed by atoms with Crippen molar-refractivity contribution >= 4 is 18.6 Å². The minimum atomic E-state index is -4.81. The molecule has 1 unspecified atom stereocenters. The van der Waals surface area contributed by atoms with Gasteiger partial charge in [0.1, 0.15) is 5.75 Å². The Morgan fingerprint density at radius 2 is 1.57 bits per heavy atom. The third-order valence-corrected chi connectivity index (χ3v) is 6.02. The summed E-state index contributed by atoms with van der Waals surface area (Å²) < 4.78 is 61.8. The normalized spacial score (nSPS) is 14.1. The monoisotopic (exact) mass is 513 g/mol. The van der Waals surface area contributed by atoms with E-state index in [1.165, 1.54) is 12.1 Å². The van der Waals surface area contributed by atoms with Gasteiger partial charge >= 0.3 is 14.0 Å². The number of ether oxygens (including phenoxy) is 1. The first kappa shape index (κ1) is 27.1. The van der Waals surface area contributed by atoms with Crippen molar-refractivity contribution in [1.29, 1.82) is 0 Å². The Hall–Kier alpha value is -2.46. The molecule has 35 heavy (non-hydrogen) atoms. The summed E-state index contributed by atoms with van der Waals surface area (Å²) >= 11 is 0. The van der Waals surface area contributed by atoms with Crippen LogP contribution in [0.2, 0.25) is 0 Å². The molecule has 11 heteroatoms. The zero-order valence-corrected chi connectivity index (χ0v) is 19.6. The zero-order chi connectivity index (χ0) is 25.7. The Labute approximate surface area is 200 Å². The van der Waals surface area contributed by atoms with Crippen molar-refractivity contribution in [3.05, 3.63) is 77.4 Å². The van der Waals surface area contributed by atoms with Gasteiger partial charge in [0.2, 0.25) is 0 Å². The molecule has 1 atom stereocenters. The lowest BCUT2D eigenvalue weighted by atomic mass is 9.93. The van der Waals surface area contributed by atoms with E-state index in [9.17, 15) is 22.8 Å². The van der Waals surface area contributed by atoms with Crippen molar-refractivity contribution in [3.63, 3.8) is 0 Å². The maximum absolute atomic E-state index is 13.7. The van der Waals surface area contributed by atoms with E-state index in [0.717, 1.165) is 22.4 Å². The van der Waals surface area contributed by atoms with Gasteiger partial charge in [-0.25, -0.2) is 4.57 Å². The van der Waals surface area contributed by atoms with Crippen LogP contribution in [0.15, 0.2) is 60.7 Å². The van der Waals surface area contributed by atoms with Gasteiger partial charge in [0.05, 0.1) is 30.9 Å². The highest BCUT2D eigenvalue weighted by Gasteiger charge is 2.35. The molecule has 3 rings (SSSR count). The topological polar surface area (TPSA) is 122 Å². The molecule has 7 nitrogen and oxygen atoms in total. The number of benzene rings is 3. The molecule has 0 heterocycles. The summed E-state index contributed by atoms with van der Waals surface area (Å²) in [6, 6.07) is 17.3. The second kappa shape index (κ2) is 11.1. The fourth-order valence-electron chi connectivity index (χ4n) is 3.56. The first-order valence-electron chi connectivity index (χ1n) is 10.8. The summed E-state index contributed by atoms with van der Waals surface area (Å²) in [5.74, 6) is -0.298. The summed E-state index contributed by atoms with van der Waals surface area (Å²) in [5, 5.41) is 11.6. The number of nitrogens with two attached hydrogens (primary N) is 1. The Morgan fingerprint density at radius 3 is 2.23 bits per heavy atom. The number of fused-ring (bicyclic) bond motifs is 1. The Kier molecular flexibility index (Phi) is 8.58. The van der Waals surface area contributed by atoms with Crippen LogP contribution in [0.25, 0.3) is 10.8 Å². The van der Waals surface area contributed by atoms with Crippen LogP contribution in [0.5, 0.6) is 5.75 Å². The quantitative estimate of drug-likeness (QED) is 0.283. The molecule has 0 amide bonds. The van der Waals surface area contributed by atoms with Gasteiger partial charge in [0.15, 0.2) is 0 Å². The van der Waals surface area contributed by atoms with E-state index < -0.39 is 38.3 Å². The molecule has 0 spiro atoms. The van der Waals surface area contributed by atoms with Crippen molar-refractivity contribution in [2.45, 2.75) is 31.0 Å². The van der Waals surface area contributed by atoms with E-state index >= 15 is 0 Å². The van der Waals surface area contributed by atoms with Crippen LogP contribution in [-0.2, 0) is 28.1 Å². The Morgan fingerprint density at radius 1 is 0.914 bits per heavy atom. The molecule has 0 aromatic heterocycles. The molecule has 190 valence electrons. The predicted octanol–water partition coefficient (Wildman–Crippen LogP) is 4.21. The molecule has 0 saturated heterocycles. The average molecular weight is 513 g/mol. The van der Waals surface area contributed by atoms with Gasteiger partial charge < -0.3 is 25.4 Å². The predicted molar refractivity (Wildman–Crippen MR) is 125 cm³/mol. The Bertz CT molecular complexity index is 1200. The van der Waals surface area contributed by atoms with Gasteiger partial charge in [-0.2, -0.15) is 13.2 Å². The first-order valence-corrected chi connectivity index (χ1v) is 12.3. The lowest BCUT2D eigenvalue weighted by Crippen LogP contribution is -2.48. The number of phosphoric ester groups is 1. The molecule has 0 aliphatic carbocycles. The van der Waals surface area contributed by atoms with E-state index in [0.29, 0.717) is 6.42 Å². The molecule has 3 aromatic carbocycles. The summed E-state index contributed by atoms with van der Waals surface area (Å²) in [7, 11) is -4.81. The average Bonchev–Trinajstić information content (AvgIpc) is 2.81. The first-order chi connectivity index (χ1) is 16.4. The van der Waals surface area contributed by atoms with Crippen LogP contribution >= 0.6 is 7.82 Å². The molecule has 0 aliphatic heterocycles. The lowest BCUT2D eigenvalue weighted by molar-refractivity contribution is -0.139. The molecule has 5 N–H and O–H groups in total. The van der Waals surface area contributed by atoms with Gasteiger partial charge in [0.25, 0.3) is 0 Å². The van der Waals surface area contributed by atoms with Crippen LogP contribution < -0.4 is 10.5 Å². The molecule has 0 bridgehead atoms. The number of hydrogen-bond acceptors (Lipinski definition) is 5. The Balaban J connectivity index is 1.67. The number of aliphatic hydroxyl groups is 1. The van der Waals surface area contributed by atoms with Crippen LogP contribution in [0.1, 0.15) is 23.1 Å².